The number of carbonyl (C=O) groups is 1. The normalized spacial score (nSPS) is 18.2. The first kappa shape index (κ1) is 18.9. The molecule has 3 aromatic rings. The second kappa shape index (κ2) is 6.85. The third-order valence-electron chi connectivity index (χ3n) is 5.08. The number of ether oxygens (including phenoxy) is 1. The minimum Gasteiger partial charge on any atom is -0.355 e. The summed E-state index contributed by atoms with van der Waals surface area (Å²) in [7, 11) is 0. The van der Waals surface area contributed by atoms with E-state index >= 15 is 0 Å². The molecule has 1 aliphatic rings. The second-order valence-electron chi connectivity index (χ2n) is 7.27. The average Bonchev–Trinajstić information content (AvgIpc) is 3.30. The summed E-state index contributed by atoms with van der Waals surface area (Å²) >= 11 is 0. The van der Waals surface area contributed by atoms with Crippen LogP contribution in [0.1, 0.15) is 48.2 Å². The summed E-state index contributed by atoms with van der Waals surface area (Å²) in [5.74, 6) is -0.721. The molecule has 2 aromatic carbocycles. The highest BCUT2D eigenvalue weighted by Gasteiger charge is 2.38. The molecular formula is C20H17FN4O4. The van der Waals surface area contributed by atoms with Crippen LogP contribution in [0.3, 0.4) is 0 Å². The van der Waals surface area contributed by atoms with Crippen molar-refractivity contribution in [3.63, 3.8) is 0 Å². The van der Waals surface area contributed by atoms with E-state index in [-0.39, 0.29) is 11.3 Å². The Morgan fingerprint density at radius 3 is 2.72 bits per heavy atom. The molecule has 2 unspecified atom stereocenters. The van der Waals surface area contributed by atoms with Crippen molar-refractivity contribution in [2.75, 3.05) is 0 Å². The molecule has 0 amide bonds. The predicted molar refractivity (Wildman–Crippen MR) is 99.7 cm³/mol. The Labute approximate surface area is 165 Å². The lowest BCUT2D eigenvalue weighted by atomic mass is 9.89. The highest BCUT2D eigenvalue weighted by atomic mass is 19.1. The molecule has 0 N–H and O–H groups in total. The number of aldehydes is 1. The molecule has 0 radical (unpaired) electrons. The Morgan fingerprint density at radius 2 is 2.10 bits per heavy atom. The molecule has 4 rings (SSSR count). The molecule has 0 saturated heterocycles. The fraction of sp³-hybridized carbons (Fsp3) is 0.250. The summed E-state index contributed by atoms with van der Waals surface area (Å²) in [6, 6.07) is 8.23. The van der Waals surface area contributed by atoms with Gasteiger partial charge < -0.3 is 9.53 Å². The minimum absolute atomic E-state index is 0.213. The van der Waals surface area contributed by atoms with Crippen LogP contribution in [-0.2, 0) is 15.1 Å². The lowest BCUT2D eigenvalue weighted by Gasteiger charge is -2.22. The van der Waals surface area contributed by atoms with E-state index in [1.54, 1.807) is 12.1 Å². The average molecular weight is 396 g/mol. The monoisotopic (exact) mass is 396 g/mol. The third kappa shape index (κ3) is 3.19. The summed E-state index contributed by atoms with van der Waals surface area (Å²) in [5, 5.41) is 15.1. The molecule has 1 aromatic heterocycles. The quantitative estimate of drug-likeness (QED) is 0.372. The molecular weight excluding hydrogens is 379 g/mol. The molecule has 148 valence electrons. The zero-order valence-electron chi connectivity index (χ0n) is 15.7. The number of halogens is 1. The van der Waals surface area contributed by atoms with Gasteiger partial charge in [-0.25, -0.2) is 14.1 Å². The molecule has 2 atom stereocenters. The van der Waals surface area contributed by atoms with Gasteiger partial charge in [0.2, 0.25) is 0 Å². The van der Waals surface area contributed by atoms with Gasteiger partial charge in [-0.05, 0) is 36.6 Å². The van der Waals surface area contributed by atoms with Gasteiger partial charge in [0.05, 0.1) is 16.6 Å². The largest absolute Gasteiger partial charge is 0.355 e. The van der Waals surface area contributed by atoms with Gasteiger partial charge in [0.1, 0.15) is 30.6 Å². The molecule has 0 bridgehead atoms. The fourth-order valence-electron chi connectivity index (χ4n) is 3.74. The molecule has 29 heavy (non-hydrogen) atoms. The van der Waals surface area contributed by atoms with Crippen LogP contribution in [-0.4, -0.2) is 26.0 Å². The number of rotatable bonds is 5. The van der Waals surface area contributed by atoms with Crippen LogP contribution in [0.25, 0.3) is 0 Å². The van der Waals surface area contributed by atoms with Gasteiger partial charge in [0.15, 0.2) is 6.29 Å². The minimum atomic E-state index is -0.721. The smallest absolute Gasteiger partial charge is 0.272 e. The van der Waals surface area contributed by atoms with Gasteiger partial charge in [-0.2, -0.15) is 5.10 Å². The molecule has 0 spiro atoms. The van der Waals surface area contributed by atoms with Gasteiger partial charge >= 0.3 is 0 Å². The highest BCUT2D eigenvalue weighted by Crippen LogP contribution is 2.44. The Kier molecular flexibility index (Phi) is 4.46. The van der Waals surface area contributed by atoms with Crippen molar-refractivity contribution >= 4 is 12.0 Å². The van der Waals surface area contributed by atoms with Gasteiger partial charge in [0.25, 0.3) is 5.69 Å². The molecule has 0 saturated carbocycles. The van der Waals surface area contributed by atoms with Crippen molar-refractivity contribution in [2.45, 2.75) is 31.6 Å². The van der Waals surface area contributed by atoms with Crippen molar-refractivity contribution in [1.82, 2.24) is 14.8 Å². The Bertz CT molecular complexity index is 1100. The number of hydrogen-bond donors (Lipinski definition) is 0. The van der Waals surface area contributed by atoms with Gasteiger partial charge in [-0.3, -0.25) is 10.1 Å². The lowest BCUT2D eigenvalue weighted by Crippen LogP contribution is -2.18. The van der Waals surface area contributed by atoms with Crippen LogP contribution in [0.2, 0.25) is 0 Å². The summed E-state index contributed by atoms with van der Waals surface area (Å²) in [6.07, 6.45) is 2.88. The maximum absolute atomic E-state index is 14.8. The molecule has 2 heterocycles. The number of fused-ring (bicyclic) bond motifs is 1. The van der Waals surface area contributed by atoms with Crippen LogP contribution in [0, 0.1) is 15.9 Å². The first-order chi connectivity index (χ1) is 13.8. The zero-order valence-corrected chi connectivity index (χ0v) is 15.7. The molecule has 9 heteroatoms. The fourth-order valence-corrected chi connectivity index (χ4v) is 3.74. The van der Waals surface area contributed by atoms with E-state index in [2.05, 4.69) is 10.1 Å². The van der Waals surface area contributed by atoms with Crippen LogP contribution in [0.15, 0.2) is 49.1 Å². The first-order valence-electron chi connectivity index (χ1n) is 8.87. The Hall–Kier alpha value is -3.46. The van der Waals surface area contributed by atoms with E-state index < -0.39 is 28.5 Å². The van der Waals surface area contributed by atoms with Gasteiger partial charge in [-0.15, -0.1) is 0 Å². The first-order valence-corrected chi connectivity index (χ1v) is 8.87. The van der Waals surface area contributed by atoms with E-state index in [0.717, 1.165) is 23.5 Å². The summed E-state index contributed by atoms with van der Waals surface area (Å²) in [6.45, 7) is 3.71. The number of nitro benzene ring substituents is 1. The van der Waals surface area contributed by atoms with Crippen LogP contribution < -0.4 is 0 Å². The number of benzene rings is 2. The zero-order chi connectivity index (χ0) is 20.8. The lowest BCUT2D eigenvalue weighted by molar-refractivity contribution is -0.385. The van der Waals surface area contributed by atoms with Crippen molar-refractivity contribution in [3.05, 3.63) is 87.2 Å². The van der Waals surface area contributed by atoms with Gasteiger partial charge in [0, 0.05) is 11.6 Å². The van der Waals surface area contributed by atoms with Crippen molar-refractivity contribution in [2.24, 2.45) is 0 Å². The number of carbonyl (C=O) groups excluding carboxylic acids is 1. The SMILES string of the molecule is CC1(C)OC(C=O)c2ccc(C(c3ccc([N+](=O)[O-])cc3F)n3cncn3)cc21. The Balaban J connectivity index is 1.87. The van der Waals surface area contributed by atoms with E-state index in [4.69, 9.17) is 4.74 Å². The molecule has 1 aliphatic heterocycles. The maximum Gasteiger partial charge on any atom is 0.272 e. The third-order valence-corrected chi connectivity index (χ3v) is 5.08. The number of nitrogens with zero attached hydrogens (tertiary/aromatic N) is 4. The van der Waals surface area contributed by atoms with Crippen LogP contribution >= 0.6 is 0 Å². The molecule has 8 nitrogen and oxygen atoms in total. The van der Waals surface area contributed by atoms with Crippen molar-refractivity contribution in [1.29, 1.82) is 0 Å². The highest BCUT2D eigenvalue weighted by molar-refractivity contribution is 5.64. The number of non-ortho nitro benzene ring substituents is 1. The predicted octanol–water partition coefficient (Wildman–Crippen LogP) is 3.47. The van der Waals surface area contributed by atoms with E-state index in [1.807, 2.05) is 19.9 Å². The van der Waals surface area contributed by atoms with Crippen LogP contribution in [0.4, 0.5) is 10.1 Å². The van der Waals surface area contributed by atoms with Crippen LogP contribution in [0.5, 0.6) is 0 Å². The number of aromatic nitrogens is 3. The summed E-state index contributed by atoms with van der Waals surface area (Å²) in [5.41, 5.74) is 1.45. The van der Waals surface area contributed by atoms with E-state index in [0.29, 0.717) is 5.56 Å². The second-order valence-corrected chi connectivity index (χ2v) is 7.27. The van der Waals surface area contributed by atoms with E-state index in [1.165, 1.54) is 29.5 Å². The number of nitro groups is 1. The standard InChI is InChI=1S/C20H17FN4O4/c1-20(2)16-7-12(3-5-14(16)18(9-26)29-20)19(24-11-22-10-23-24)15-6-4-13(25(27)28)8-17(15)21/h3-11,18-19H,1-2H3. The van der Waals surface area contributed by atoms with E-state index in [9.17, 15) is 19.3 Å². The maximum atomic E-state index is 14.8. The summed E-state index contributed by atoms with van der Waals surface area (Å²) in [4.78, 5) is 25.6. The van der Waals surface area contributed by atoms with Crippen molar-refractivity contribution < 1.29 is 18.8 Å². The summed E-state index contributed by atoms with van der Waals surface area (Å²) < 4.78 is 22.1. The molecule has 0 aliphatic carbocycles. The topological polar surface area (TPSA) is 100 Å². The number of hydrogen-bond acceptors (Lipinski definition) is 6. The van der Waals surface area contributed by atoms with Gasteiger partial charge in [-0.1, -0.05) is 18.2 Å². The van der Waals surface area contributed by atoms with Crippen molar-refractivity contribution in [3.8, 4) is 0 Å². The Morgan fingerprint density at radius 1 is 1.31 bits per heavy atom. The molecule has 0 fully saturated rings.